The first kappa shape index (κ1) is 13.3. The molecule has 0 aromatic carbocycles. The first-order valence-electron chi connectivity index (χ1n) is 6.57. The van der Waals surface area contributed by atoms with Crippen molar-refractivity contribution in [2.24, 2.45) is 0 Å². The number of nitrogens with one attached hydrogen (secondary N) is 3. The Kier molecular flexibility index (Phi) is 4.19. The second-order valence-corrected chi connectivity index (χ2v) is 5.23. The van der Waals surface area contributed by atoms with E-state index < -0.39 is 0 Å². The third-order valence-electron chi connectivity index (χ3n) is 3.72. The summed E-state index contributed by atoms with van der Waals surface area (Å²) in [6.45, 7) is 3.36. The van der Waals surface area contributed by atoms with E-state index in [9.17, 15) is 9.59 Å². The summed E-state index contributed by atoms with van der Waals surface area (Å²) in [4.78, 5) is 25.1. The number of carbonyl (C=O) groups is 2. The van der Waals surface area contributed by atoms with Crippen molar-refractivity contribution in [3.8, 4) is 0 Å². The average Bonchev–Trinajstić information content (AvgIpc) is 3.19. The number of piperazine rings is 1. The summed E-state index contributed by atoms with van der Waals surface area (Å²) in [7, 11) is 2.10. The number of carbonyl (C=O) groups excluding carboxylic acids is 2. The van der Waals surface area contributed by atoms with E-state index in [4.69, 9.17) is 0 Å². The minimum absolute atomic E-state index is 0.0361. The highest BCUT2D eigenvalue weighted by atomic mass is 16.2. The van der Waals surface area contributed by atoms with Crippen molar-refractivity contribution < 1.29 is 9.59 Å². The number of hydrogen-bond donors (Lipinski definition) is 3. The van der Waals surface area contributed by atoms with Crippen LogP contribution in [-0.2, 0) is 9.59 Å². The van der Waals surface area contributed by atoms with Crippen LogP contribution in [0.5, 0.6) is 0 Å². The van der Waals surface area contributed by atoms with Crippen LogP contribution in [0.4, 0.5) is 0 Å². The van der Waals surface area contributed by atoms with Crippen LogP contribution in [0.3, 0.4) is 0 Å². The van der Waals surface area contributed by atoms with Gasteiger partial charge in [0.2, 0.25) is 11.8 Å². The van der Waals surface area contributed by atoms with Crippen molar-refractivity contribution >= 4 is 11.8 Å². The van der Waals surface area contributed by atoms with E-state index in [0.29, 0.717) is 25.2 Å². The molecule has 1 aliphatic heterocycles. The number of hydrogen-bond acceptors (Lipinski definition) is 4. The molecule has 1 saturated heterocycles. The van der Waals surface area contributed by atoms with Crippen molar-refractivity contribution in [3.63, 3.8) is 0 Å². The molecule has 18 heavy (non-hydrogen) atoms. The summed E-state index contributed by atoms with van der Waals surface area (Å²) in [6, 6.07) is 0.741. The Balaban J connectivity index is 1.69. The van der Waals surface area contributed by atoms with Crippen molar-refractivity contribution in [2.45, 2.75) is 37.9 Å². The Morgan fingerprint density at radius 1 is 1.56 bits per heavy atom. The molecule has 6 heteroatoms. The molecule has 0 aromatic heterocycles. The zero-order chi connectivity index (χ0) is 13.1. The standard InChI is InChI=1S/C12H22N4O2/c1-8(16(2)9-3-4-9)5-15-12(18)10-6-14-11(17)7-13-10/h8-10,13H,3-7H2,1-2H3,(H,14,17)(H,15,18). The minimum atomic E-state index is -0.305. The van der Waals surface area contributed by atoms with Crippen LogP contribution in [0, 0.1) is 0 Å². The second-order valence-electron chi connectivity index (χ2n) is 5.23. The molecule has 102 valence electrons. The lowest BCUT2D eigenvalue weighted by atomic mass is 10.2. The van der Waals surface area contributed by atoms with Crippen molar-refractivity contribution in [3.05, 3.63) is 0 Å². The molecule has 2 amide bonds. The number of rotatable bonds is 5. The van der Waals surface area contributed by atoms with E-state index in [1.54, 1.807) is 0 Å². The summed E-state index contributed by atoms with van der Waals surface area (Å²) in [5, 5.41) is 8.53. The summed E-state index contributed by atoms with van der Waals surface area (Å²) in [6.07, 6.45) is 2.54. The molecule has 3 N–H and O–H groups in total. The maximum atomic E-state index is 11.9. The lowest BCUT2D eigenvalue weighted by Gasteiger charge is -2.27. The monoisotopic (exact) mass is 254 g/mol. The Morgan fingerprint density at radius 3 is 2.83 bits per heavy atom. The summed E-state index contributed by atoms with van der Waals surface area (Å²) in [5.41, 5.74) is 0. The SMILES string of the molecule is CC(CNC(=O)C1CNC(=O)CN1)N(C)C1CC1. The smallest absolute Gasteiger partial charge is 0.239 e. The largest absolute Gasteiger partial charge is 0.353 e. The Labute approximate surface area is 107 Å². The van der Waals surface area contributed by atoms with Crippen molar-refractivity contribution in [1.82, 2.24) is 20.9 Å². The maximum absolute atomic E-state index is 11.9. The predicted molar refractivity (Wildman–Crippen MR) is 68.1 cm³/mol. The molecule has 2 fully saturated rings. The highest BCUT2D eigenvalue weighted by molar-refractivity contribution is 5.86. The van der Waals surface area contributed by atoms with Crippen LogP contribution in [0.1, 0.15) is 19.8 Å². The third-order valence-corrected chi connectivity index (χ3v) is 3.72. The molecule has 0 aromatic rings. The molecule has 2 atom stereocenters. The van der Waals surface area contributed by atoms with E-state index in [1.165, 1.54) is 12.8 Å². The molecule has 1 aliphatic carbocycles. The van der Waals surface area contributed by atoms with Gasteiger partial charge in [0, 0.05) is 25.2 Å². The molecule has 0 radical (unpaired) electrons. The van der Waals surface area contributed by atoms with Crippen LogP contribution in [0.25, 0.3) is 0 Å². The van der Waals surface area contributed by atoms with E-state index in [-0.39, 0.29) is 24.4 Å². The predicted octanol–water partition coefficient (Wildman–Crippen LogP) is -1.33. The quantitative estimate of drug-likeness (QED) is 0.568. The molecule has 1 saturated carbocycles. The average molecular weight is 254 g/mol. The van der Waals surface area contributed by atoms with Gasteiger partial charge in [0.15, 0.2) is 0 Å². The van der Waals surface area contributed by atoms with Crippen molar-refractivity contribution in [1.29, 1.82) is 0 Å². The number of nitrogens with zero attached hydrogens (tertiary/aromatic N) is 1. The van der Waals surface area contributed by atoms with Crippen LogP contribution in [0.2, 0.25) is 0 Å². The van der Waals surface area contributed by atoms with Gasteiger partial charge in [0.05, 0.1) is 6.54 Å². The highest BCUT2D eigenvalue weighted by Gasteiger charge is 2.30. The maximum Gasteiger partial charge on any atom is 0.239 e. The summed E-state index contributed by atoms with van der Waals surface area (Å²) >= 11 is 0. The molecule has 6 nitrogen and oxygen atoms in total. The molecule has 2 rings (SSSR count). The van der Waals surface area contributed by atoms with E-state index in [2.05, 4.69) is 34.8 Å². The fourth-order valence-electron chi connectivity index (χ4n) is 2.11. The number of amides is 2. The minimum Gasteiger partial charge on any atom is -0.353 e. The van der Waals surface area contributed by atoms with Gasteiger partial charge in [-0.25, -0.2) is 0 Å². The summed E-state index contributed by atoms with van der Waals surface area (Å²) < 4.78 is 0. The van der Waals surface area contributed by atoms with E-state index in [0.717, 1.165) is 0 Å². The van der Waals surface area contributed by atoms with Gasteiger partial charge in [0.1, 0.15) is 6.04 Å². The molecule has 0 spiro atoms. The first-order chi connectivity index (χ1) is 8.58. The van der Waals surface area contributed by atoms with Gasteiger partial charge in [-0.15, -0.1) is 0 Å². The molecule has 2 aliphatic rings. The van der Waals surface area contributed by atoms with Crippen LogP contribution in [0.15, 0.2) is 0 Å². The second kappa shape index (κ2) is 5.67. The zero-order valence-electron chi connectivity index (χ0n) is 11.0. The fraction of sp³-hybridized carbons (Fsp3) is 0.833. The number of likely N-dealkylation sites (N-methyl/N-ethyl adjacent to an activating group) is 1. The van der Waals surface area contributed by atoms with Gasteiger partial charge in [0.25, 0.3) is 0 Å². The van der Waals surface area contributed by atoms with Gasteiger partial charge in [-0.1, -0.05) is 0 Å². The van der Waals surface area contributed by atoms with Crippen molar-refractivity contribution in [2.75, 3.05) is 26.7 Å². The molecule has 2 unspecified atom stereocenters. The van der Waals surface area contributed by atoms with Crippen LogP contribution >= 0.6 is 0 Å². The van der Waals surface area contributed by atoms with E-state index >= 15 is 0 Å². The zero-order valence-corrected chi connectivity index (χ0v) is 11.0. The first-order valence-corrected chi connectivity index (χ1v) is 6.57. The Bertz CT molecular complexity index is 320. The molecule has 0 bridgehead atoms. The van der Waals surface area contributed by atoms with Gasteiger partial charge in [-0.2, -0.15) is 0 Å². The third kappa shape index (κ3) is 3.43. The van der Waals surface area contributed by atoms with E-state index in [1.807, 2.05) is 0 Å². The lowest BCUT2D eigenvalue weighted by molar-refractivity contribution is -0.126. The molecular formula is C12H22N4O2. The van der Waals surface area contributed by atoms with Gasteiger partial charge >= 0.3 is 0 Å². The fourth-order valence-corrected chi connectivity index (χ4v) is 2.11. The van der Waals surface area contributed by atoms with Crippen LogP contribution < -0.4 is 16.0 Å². The molecular weight excluding hydrogens is 232 g/mol. The normalized spacial score (nSPS) is 25.7. The summed E-state index contributed by atoms with van der Waals surface area (Å²) in [5.74, 6) is -0.0908. The van der Waals surface area contributed by atoms with Gasteiger partial charge in [-0.3, -0.25) is 19.8 Å². The van der Waals surface area contributed by atoms with Gasteiger partial charge < -0.3 is 10.6 Å². The lowest BCUT2D eigenvalue weighted by Crippen LogP contribution is -2.58. The highest BCUT2D eigenvalue weighted by Crippen LogP contribution is 2.26. The van der Waals surface area contributed by atoms with Crippen LogP contribution in [-0.4, -0.2) is 61.5 Å². The Hall–Kier alpha value is -1.14. The topological polar surface area (TPSA) is 73.5 Å². The van der Waals surface area contributed by atoms with Gasteiger partial charge in [-0.05, 0) is 26.8 Å². The Morgan fingerprint density at radius 2 is 2.28 bits per heavy atom. The molecule has 1 heterocycles.